The first-order valence-corrected chi connectivity index (χ1v) is 10.6. The topological polar surface area (TPSA) is 58.6 Å². The van der Waals surface area contributed by atoms with E-state index < -0.39 is 0 Å². The van der Waals surface area contributed by atoms with Crippen molar-refractivity contribution in [2.24, 2.45) is 0 Å². The quantitative estimate of drug-likeness (QED) is 0.712. The van der Waals surface area contributed by atoms with Crippen molar-refractivity contribution in [3.05, 3.63) is 65.2 Å². The van der Waals surface area contributed by atoms with Crippen LogP contribution < -0.4 is 10.1 Å². The second kappa shape index (κ2) is 9.33. The van der Waals surface area contributed by atoms with Crippen LogP contribution in [0, 0.1) is 6.92 Å². The summed E-state index contributed by atoms with van der Waals surface area (Å²) in [6.45, 7) is 4.09. The van der Waals surface area contributed by atoms with Gasteiger partial charge in [-0.2, -0.15) is 0 Å². The Morgan fingerprint density at radius 2 is 1.83 bits per heavy atom. The van der Waals surface area contributed by atoms with Crippen LogP contribution in [0.25, 0.3) is 0 Å². The molecule has 5 heteroatoms. The molecule has 1 N–H and O–H groups in total. The lowest BCUT2D eigenvalue weighted by molar-refractivity contribution is -0.132. The van der Waals surface area contributed by atoms with Gasteiger partial charge in [0.25, 0.3) is 0 Å². The molecule has 2 aromatic carbocycles. The minimum atomic E-state index is -0.341. The van der Waals surface area contributed by atoms with Gasteiger partial charge in [0.1, 0.15) is 5.75 Å². The molecular weight excluding hydrogens is 376 g/mol. The number of benzene rings is 2. The van der Waals surface area contributed by atoms with E-state index >= 15 is 0 Å². The van der Waals surface area contributed by atoms with E-state index in [1.807, 2.05) is 38.2 Å². The van der Waals surface area contributed by atoms with E-state index in [0.717, 1.165) is 24.2 Å². The molecule has 30 heavy (non-hydrogen) atoms. The SMILES string of the molecule is COc1ccc([C@H](C)N(C)C(=O)CC[C@]2(Cc3ccc(C)cc3)CCC(=O)N2)cc1. The Bertz CT molecular complexity index is 876. The van der Waals surface area contributed by atoms with E-state index in [0.29, 0.717) is 19.3 Å². The van der Waals surface area contributed by atoms with Gasteiger partial charge in [-0.25, -0.2) is 0 Å². The Morgan fingerprint density at radius 3 is 2.40 bits per heavy atom. The molecule has 5 nitrogen and oxygen atoms in total. The number of hydrogen-bond acceptors (Lipinski definition) is 3. The van der Waals surface area contributed by atoms with Gasteiger partial charge in [0.2, 0.25) is 11.8 Å². The number of methoxy groups -OCH3 is 1. The third-order valence-corrected chi connectivity index (χ3v) is 6.29. The number of aryl methyl sites for hydroxylation is 1. The van der Waals surface area contributed by atoms with Gasteiger partial charge in [-0.15, -0.1) is 0 Å². The largest absolute Gasteiger partial charge is 0.497 e. The van der Waals surface area contributed by atoms with E-state index in [9.17, 15) is 9.59 Å². The predicted octanol–water partition coefficient (Wildman–Crippen LogP) is 4.19. The minimum absolute atomic E-state index is 0.0328. The third kappa shape index (κ3) is 5.21. The first-order chi connectivity index (χ1) is 14.3. The number of nitrogens with zero attached hydrogens (tertiary/aromatic N) is 1. The fraction of sp³-hybridized carbons (Fsp3) is 0.440. The lowest BCUT2D eigenvalue weighted by atomic mass is 9.84. The molecule has 0 aromatic heterocycles. The Morgan fingerprint density at radius 1 is 1.17 bits per heavy atom. The summed E-state index contributed by atoms with van der Waals surface area (Å²) in [5, 5.41) is 3.17. The molecule has 2 aromatic rings. The molecule has 1 aliphatic heterocycles. The normalized spacial score (nSPS) is 19.3. The summed E-state index contributed by atoms with van der Waals surface area (Å²) in [5.41, 5.74) is 3.13. The molecule has 0 bridgehead atoms. The molecule has 1 fully saturated rings. The molecule has 0 radical (unpaired) electrons. The van der Waals surface area contributed by atoms with Gasteiger partial charge in [-0.1, -0.05) is 42.0 Å². The van der Waals surface area contributed by atoms with Crippen LogP contribution >= 0.6 is 0 Å². The van der Waals surface area contributed by atoms with E-state index in [1.165, 1.54) is 11.1 Å². The predicted molar refractivity (Wildman–Crippen MR) is 118 cm³/mol. The third-order valence-electron chi connectivity index (χ3n) is 6.29. The molecule has 3 rings (SSSR count). The van der Waals surface area contributed by atoms with E-state index in [-0.39, 0.29) is 23.4 Å². The highest BCUT2D eigenvalue weighted by Gasteiger charge is 2.38. The van der Waals surface area contributed by atoms with Crippen LogP contribution in [0.1, 0.15) is 55.3 Å². The second-order valence-corrected chi connectivity index (χ2v) is 8.44. The van der Waals surface area contributed by atoms with Crippen LogP contribution in [-0.4, -0.2) is 36.4 Å². The van der Waals surface area contributed by atoms with Crippen molar-refractivity contribution in [2.75, 3.05) is 14.2 Å². The molecule has 0 spiro atoms. The molecule has 1 saturated heterocycles. The molecular formula is C25H32N2O3. The van der Waals surface area contributed by atoms with Gasteiger partial charge >= 0.3 is 0 Å². The summed E-state index contributed by atoms with van der Waals surface area (Å²) in [6, 6.07) is 16.2. The molecule has 0 aliphatic carbocycles. The Balaban J connectivity index is 1.64. The maximum Gasteiger partial charge on any atom is 0.222 e. The van der Waals surface area contributed by atoms with Crippen molar-refractivity contribution < 1.29 is 14.3 Å². The number of amides is 2. The fourth-order valence-electron chi connectivity index (χ4n) is 4.12. The maximum atomic E-state index is 12.9. The van der Waals surface area contributed by atoms with Crippen LogP contribution in [0.5, 0.6) is 5.75 Å². The van der Waals surface area contributed by atoms with Crippen LogP contribution in [0.2, 0.25) is 0 Å². The number of rotatable bonds is 8. The fourth-order valence-corrected chi connectivity index (χ4v) is 4.12. The Labute approximate surface area is 179 Å². The van der Waals surface area contributed by atoms with Crippen LogP contribution in [0.3, 0.4) is 0 Å². The molecule has 2 amide bonds. The Hall–Kier alpha value is -2.82. The number of ether oxygens (including phenoxy) is 1. The Kier molecular flexibility index (Phi) is 6.80. The zero-order chi connectivity index (χ0) is 21.7. The molecule has 1 aliphatic rings. The average Bonchev–Trinajstić information content (AvgIpc) is 3.13. The summed E-state index contributed by atoms with van der Waals surface area (Å²) in [6.07, 6.45) is 3.10. The highest BCUT2D eigenvalue weighted by atomic mass is 16.5. The highest BCUT2D eigenvalue weighted by Crippen LogP contribution is 2.31. The van der Waals surface area contributed by atoms with E-state index in [2.05, 4.69) is 36.5 Å². The molecule has 0 saturated carbocycles. The zero-order valence-corrected chi connectivity index (χ0v) is 18.4. The molecule has 160 valence electrons. The van der Waals surface area contributed by atoms with Crippen molar-refractivity contribution in [3.63, 3.8) is 0 Å². The number of nitrogens with one attached hydrogen (secondary N) is 1. The lowest BCUT2D eigenvalue weighted by Gasteiger charge is -2.31. The van der Waals surface area contributed by atoms with Crippen molar-refractivity contribution >= 4 is 11.8 Å². The van der Waals surface area contributed by atoms with Crippen LogP contribution in [-0.2, 0) is 16.0 Å². The van der Waals surface area contributed by atoms with Crippen LogP contribution in [0.15, 0.2) is 48.5 Å². The minimum Gasteiger partial charge on any atom is -0.497 e. The van der Waals surface area contributed by atoms with Gasteiger partial charge in [0, 0.05) is 25.4 Å². The summed E-state index contributed by atoms with van der Waals surface area (Å²) < 4.78 is 5.21. The van der Waals surface area contributed by atoms with Crippen molar-refractivity contribution in [1.29, 1.82) is 0 Å². The molecule has 0 unspecified atom stereocenters. The smallest absolute Gasteiger partial charge is 0.222 e. The average molecular weight is 409 g/mol. The molecule has 2 atom stereocenters. The van der Waals surface area contributed by atoms with Crippen molar-refractivity contribution in [1.82, 2.24) is 10.2 Å². The first kappa shape index (κ1) is 21.9. The van der Waals surface area contributed by atoms with Gasteiger partial charge in [-0.05, 0) is 56.4 Å². The van der Waals surface area contributed by atoms with Gasteiger partial charge in [0.05, 0.1) is 13.2 Å². The van der Waals surface area contributed by atoms with Gasteiger partial charge in [0.15, 0.2) is 0 Å². The zero-order valence-electron chi connectivity index (χ0n) is 18.4. The van der Waals surface area contributed by atoms with Crippen molar-refractivity contribution in [3.8, 4) is 5.75 Å². The lowest BCUT2D eigenvalue weighted by Crippen LogP contribution is -2.44. The summed E-state index contributed by atoms with van der Waals surface area (Å²) in [7, 11) is 3.49. The number of carbonyl (C=O) groups is 2. The first-order valence-electron chi connectivity index (χ1n) is 10.6. The molecule has 1 heterocycles. The highest BCUT2D eigenvalue weighted by molar-refractivity contribution is 5.80. The summed E-state index contributed by atoms with van der Waals surface area (Å²) in [4.78, 5) is 26.7. The summed E-state index contributed by atoms with van der Waals surface area (Å²) in [5.74, 6) is 0.965. The van der Waals surface area contributed by atoms with E-state index in [1.54, 1.807) is 12.0 Å². The van der Waals surface area contributed by atoms with Crippen LogP contribution in [0.4, 0.5) is 0 Å². The van der Waals surface area contributed by atoms with E-state index in [4.69, 9.17) is 4.74 Å². The number of hydrogen-bond donors (Lipinski definition) is 1. The van der Waals surface area contributed by atoms with Crippen molar-refractivity contribution in [2.45, 2.75) is 57.5 Å². The van der Waals surface area contributed by atoms with Gasteiger partial charge in [-0.3, -0.25) is 9.59 Å². The second-order valence-electron chi connectivity index (χ2n) is 8.44. The standard InChI is InChI=1S/C25H32N2O3/c1-18-5-7-20(8-6-18)17-25(15-13-23(28)26-25)16-14-24(29)27(3)19(2)21-9-11-22(30-4)12-10-21/h5-12,19H,13-17H2,1-4H3,(H,26,28)/t19-,25-/m0/s1. The van der Waals surface area contributed by atoms with Gasteiger partial charge < -0.3 is 15.0 Å². The monoisotopic (exact) mass is 408 g/mol. The summed E-state index contributed by atoms with van der Waals surface area (Å²) >= 11 is 0. The number of carbonyl (C=O) groups excluding carboxylic acids is 2. The maximum absolute atomic E-state index is 12.9.